The van der Waals surface area contributed by atoms with Gasteiger partial charge in [-0.3, -0.25) is 4.79 Å². The van der Waals surface area contributed by atoms with E-state index in [9.17, 15) is 9.59 Å². The second-order valence-corrected chi connectivity index (χ2v) is 8.09. The maximum atomic E-state index is 12.7. The molecular formula is C21H23N2O3S2+. The van der Waals surface area contributed by atoms with E-state index in [4.69, 9.17) is 4.74 Å². The van der Waals surface area contributed by atoms with E-state index in [2.05, 4.69) is 18.3 Å². The summed E-state index contributed by atoms with van der Waals surface area (Å²) in [5, 5.41) is 7.28. The lowest BCUT2D eigenvalue weighted by Gasteiger charge is -2.08. The molecule has 7 heteroatoms. The van der Waals surface area contributed by atoms with Crippen molar-refractivity contribution in [2.45, 2.75) is 33.7 Å². The summed E-state index contributed by atoms with van der Waals surface area (Å²) in [6.45, 7) is 6.29. The van der Waals surface area contributed by atoms with E-state index in [-0.39, 0.29) is 19.1 Å². The Morgan fingerprint density at radius 2 is 2.00 bits per heavy atom. The quantitative estimate of drug-likeness (QED) is 0.458. The molecule has 3 aromatic rings. The molecule has 0 fully saturated rings. The highest BCUT2D eigenvalue weighted by atomic mass is 32.1. The Morgan fingerprint density at radius 3 is 2.68 bits per heavy atom. The predicted molar refractivity (Wildman–Crippen MR) is 113 cm³/mol. The summed E-state index contributed by atoms with van der Waals surface area (Å²) in [5.74, 6) is -0.592. The molecule has 1 N–H and O–H groups in total. The highest BCUT2D eigenvalue weighted by Gasteiger charge is 2.24. The molecular weight excluding hydrogens is 392 g/mol. The van der Waals surface area contributed by atoms with E-state index in [0.29, 0.717) is 10.6 Å². The third kappa shape index (κ3) is 4.48. The molecule has 3 aromatic heterocycles. The summed E-state index contributed by atoms with van der Waals surface area (Å²) in [7, 11) is 0. The van der Waals surface area contributed by atoms with Crippen molar-refractivity contribution in [1.82, 2.24) is 0 Å². The summed E-state index contributed by atoms with van der Waals surface area (Å²) in [5.41, 5.74) is 3.39. The molecule has 5 nitrogen and oxygen atoms in total. The molecule has 146 valence electrons. The molecule has 0 aromatic carbocycles. The van der Waals surface area contributed by atoms with Gasteiger partial charge in [-0.05, 0) is 30.9 Å². The first kappa shape index (κ1) is 20.2. The van der Waals surface area contributed by atoms with Crippen molar-refractivity contribution in [2.75, 3.05) is 11.9 Å². The van der Waals surface area contributed by atoms with Crippen LogP contribution in [0.15, 0.2) is 41.2 Å². The molecule has 0 saturated carbocycles. The molecule has 3 heterocycles. The minimum atomic E-state index is -0.417. The molecule has 1 amide bonds. The van der Waals surface area contributed by atoms with Crippen LogP contribution in [0.25, 0.3) is 10.4 Å². The molecule has 0 radical (unpaired) electrons. The van der Waals surface area contributed by atoms with Gasteiger partial charge in [-0.25, -0.2) is 4.79 Å². The number of thiophene rings is 2. The van der Waals surface area contributed by atoms with Gasteiger partial charge in [0.2, 0.25) is 6.54 Å². The lowest BCUT2D eigenvalue weighted by atomic mass is 10.1. The first-order valence-corrected chi connectivity index (χ1v) is 10.9. The SMILES string of the molecule is CCOC(=O)c1c(-c2cccs2)csc1NC(=O)C[n+]1cc(CC)ccc1C. The summed E-state index contributed by atoms with van der Waals surface area (Å²) < 4.78 is 7.15. The van der Waals surface area contributed by atoms with Gasteiger partial charge in [-0.1, -0.05) is 13.0 Å². The Kier molecular flexibility index (Phi) is 6.59. The molecule has 0 unspecified atom stereocenters. The fraction of sp³-hybridized carbons (Fsp3) is 0.286. The van der Waals surface area contributed by atoms with E-state index < -0.39 is 5.97 Å². The van der Waals surface area contributed by atoms with E-state index in [0.717, 1.165) is 22.6 Å². The van der Waals surface area contributed by atoms with Gasteiger partial charge in [0.1, 0.15) is 10.6 Å². The maximum Gasteiger partial charge on any atom is 0.341 e. The third-order valence-electron chi connectivity index (χ3n) is 4.35. The van der Waals surface area contributed by atoms with Crippen molar-refractivity contribution in [3.63, 3.8) is 0 Å². The van der Waals surface area contributed by atoms with Crippen LogP contribution in [-0.4, -0.2) is 18.5 Å². The van der Waals surface area contributed by atoms with E-state index in [1.807, 2.05) is 46.6 Å². The molecule has 0 aliphatic rings. The summed E-state index contributed by atoms with van der Waals surface area (Å²) in [6.07, 6.45) is 2.90. The molecule has 3 rings (SSSR count). The molecule has 0 bridgehead atoms. The number of carbonyl (C=O) groups excluding carboxylic acids is 2. The number of hydrogen-bond donors (Lipinski definition) is 1. The van der Waals surface area contributed by atoms with Gasteiger partial charge in [-0.2, -0.15) is 4.57 Å². The van der Waals surface area contributed by atoms with Crippen molar-refractivity contribution >= 4 is 39.6 Å². The number of aromatic nitrogens is 1. The van der Waals surface area contributed by atoms with Gasteiger partial charge in [0.25, 0.3) is 5.91 Å². The van der Waals surface area contributed by atoms with Crippen LogP contribution in [0.1, 0.15) is 35.5 Å². The highest BCUT2D eigenvalue weighted by molar-refractivity contribution is 7.17. The van der Waals surface area contributed by atoms with Gasteiger partial charge in [-0.15, -0.1) is 22.7 Å². The smallest absolute Gasteiger partial charge is 0.341 e. The standard InChI is InChI=1S/C21H22N2O3S2/c1-4-15-9-8-14(3)23(11-15)12-18(24)22-20-19(21(25)26-5-2)16(13-28-20)17-7-6-10-27-17/h6-11,13H,4-5,12H2,1-3H3/p+1. The normalized spacial score (nSPS) is 10.7. The summed E-state index contributed by atoms with van der Waals surface area (Å²) >= 11 is 2.89. The summed E-state index contributed by atoms with van der Waals surface area (Å²) in [6, 6.07) is 7.97. The van der Waals surface area contributed by atoms with Crippen LogP contribution >= 0.6 is 22.7 Å². The number of aryl methyl sites for hydroxylation is 2. The van der Waals surface area contributed by atoms with Crippen LogP contribution in [0.2, 0.25) is 0 Å². The fourth-order valence-corrected chi connectivity index (χ4v) is 4.63. The summed E-state index contributed by atoms with van der Waals surface area (Å²) in [4.78, 5) is 26.2. The van der Waals surface area contributed by atoms with Gasteiger partial charge in [0.05, 0.1) is 6.61 Å². The molecule has 0 saturated heterocycles. The number of nitrogens with one attached hydrogen (secondary N) is 1. The predicted octanol–water partition coefficient (Wildman–Crippen LogP) is 4.45. The van der Waals surface area contributed by atoms with E-state index in [1.165, 1.54) is 16.9 Å². The maximum absolute atomic E-state index is 12.7. The van der Waals surface area contributed by atoms with Crippen LogP contribution < -0.4 is 9.88 Å². The third-order valence-corrected chi connectivity index (χ3v) is 6.14. The monoisotopic (exact) mass is 415 g/mol. The Bertz CT molecular complexity index is 978. The molecule has 0 aliphatic heterocycles. The number of carbonyl (C=O) groups is 2. The van der Waals surface area contributed by atoms with Crippen LogP contribution in [0.4, 0.5) is 5.00 Å². The lowest BCUT2D eigenvalue weighted by Crippen LogP contribution is -2.43. The average molecular weight is 416 g/mol. The molecule has 0 atom stereocenters. The van der Waals surface area contributed by atoms with E-state index in [1.54, 1.807) is 18.3 Å². The molecule has 28 heavy (non-hydrogen) atoms. The zero-order valence-electron chi connectivity index (χ0n) is 16.2. The second-order valence-electron chi connectivity index (χ2n) is 6.26. The minimum Gasteiger partial charge on any atom is -0.462 e. The van der Waals surface area contributed by atoms with Gasteiger partial charge in [0, 0.05) is 34.4 Å². The number of esters is 1. The number of pyridine rings is 1. The molecule has 0 aliphatic carbocycles. The van der Waals surface area contributed by atoms with Crippen molar-refractivity contribution in [3.8, 4) is 10.4 Å². The molecule has 0 spiro atoms. The lowest BCUT2D eigenvalue weighted by molar-refractivity contribution is -0.690. The number of rotatable bonds is 7. The highest BCUT2D eigenvalue weighted by Crippen LogP contribution is 2.38. The van der Waals surface area contributed by atoms with Crippen LogP contribution in [0.3, 0.4) is 0 Å². The van der Waals surface area contributed by atoms with Crippen LogP contribution in [0, 0.1) is 6.92 Å². The number of anilines is 1. The number of amides is 1. The number of nitrogens with zero attached hydrogens (tertiary/aromatic N) is 1. The Hall–Kier alpha value is -2.51. The number of ether oxygens (including phenoxy) is 1. The zero-order chi connectivity index (χ0) is 20.1. The van der Waals surface area contributed by atoms with Crippen LogP contribution in [-0.2, 0) is 22.5 Å². The first-order valence-electron chi connectivity index (χ1n) is 9.14. The van der Waals surface area contributed by atoms with E-state index >= 15 is 0 Å². The Morgan fingerprint density at radius 1 is 1.18 bits per heavy atom. The largest absolute Gasteiger partial charge is 0.462 e. The van der Waals surface area contributed by atoms with Gasteiger partial charge >= 0.3 is 5.97 Å². The van der Waals surface area contributed by atoms with Gasteiger partial charge < -0.3 is 10.1 Å². The topological polar surface area (TPSA) is 59.3 Å². The second kappa shape index (κ2) is 9.12. The Balaban J connectivity index is 1.85. The Labute approximate surface area is 172 Å². The van der Waals surface area contributed by atoms with Crippen molar-refractivity contribution in [3.05, 3.63) is 58.0 Å². The first-order chi connectivity index (χ1) is 13.5. The van der Waals surface area contributed by atoms with Crippen molar-refractivity contribution in [2.24, 2.45) is 0 Å². The van der Waals surface area contributed by atoms with Crippen LogP contribution in [0.5, 0.6) is 0 Å². The van der Waals surface area contributed by atoms with Crippen molar-refractivity contribution in [1.29, 1.82) is 0 Å². The number of hydrogen-bond acceptors (Lipinski definition) is 5. The van der Waals surface area contributed by atoms with Crippen molar-refractivity contribution < 1.29 is 18.9 Å². The minimum absolute atomic E-state index is 0.175. The zero-order valence-corrected chi connectivity index (χ0v) is 17.8. The fourth-order valence-electron chi connectivity index (χ4n) is 2.84. The van der Waals surface area contributed by atoms with Gasteiger partial charge in [0.15, 0.2) is 11.9 Å². The average Bonchev–Trinajstić information content (AvgIpc) is 3.33.